The average Bonchev–Trinajstić information content (AvgIpc) is 3.21. The quantitative estimate of drug-likeness (QED) is 0.377. The van der Waals surface area contributed by atoms with Crippen molar-refractivity contribution in [2.24, 2.45) is 0 Å². The van der Waals surface area contributed by atoms with Crippen molar-refractivity contribution < 1.29 is 14.3 Å². The van der Waals surface area contributed by atoms with Gasteiger partial charge in [0.15, 0.2) is 6.61 Å². The number of nitrogens with zero attached hydrogens (tertiary/aromatic N) is 2. The van der Waals surface area contributed by atoms with Gasteiger partial charge >= 0.3 is 5.97 Å². The largest absolute Gasteiger partial charge is 0.452 e. The van der Waals surface area contributed by atoms with Crippen molar-refractivity contribution in [2.45, 2.75) is 43.4 Å². The van der Waals surface area contributed by atoms with Crippen LogP contribution in [0.4, 0.5) is 5.69 Å². The fourth-order valence-electron chi connectivity index (χ4n) is 3.73. The number of hydrogen-bond donors (Lipinski definition) is 0. The molecule has 1 aliphatic heterocycles. The van der Waals surface area contributed by atoms with E-state index in [9.17, 15) is 9.59 Å². The second-order valence-corrected chi connectivity index (χ2v) is 9.58. The van der Waals surface area contributed by atoms with Crippen LogP contribution >= 0.6 is 23.1 Å². The van der Waals surface area contributed by atoms with Crippen molar-refractivity contribution in [3.05, 3.63) is 75.7 Å². The number of fused-ring (bicyclic) bond motifs is 1. The van der Waals surface area contributed by atoms with E-state index in [0.29, 0.717) is 11.3 Å². The maximum atomic E-state index is 12.9. The summed E-state index contributed by atoms with van der Waals surface area (Å²) in [4.78, 5) is 32.8. The van der Waals surface area contributed by atoms with Gasteiger partial charge in [-0.1, -0.05) is 30.3 Å². The van der Waals surface area contributed by atoms with E-state index >= 15 is 0 Å². The Balaban J connectivity index is 1.42. The first-order chi connectivity index (χ1) is 15.0. The van der Waals surface area contributed by atoms with E-state index in [1.54, 1.807) is 40.1 Å². The molecule has 0 radical (unpaired) electrons. The molecule has 0 spiro atoms. The molecule has 1 atom stereocenters. The van der Waals surface area contributed by atoms with Crippen LogP contribution in [-0.2, 0) is 21.7 Å². The van der Waals surface area contributed by atoms with Crippen LogP contribution in [0.1, 0.15) is 40.0 Å². The van der Waals surface area contributed by atoms with Gasteiger partial charge < -0.3 is 9.64 Å². The monoisotopic (exact) mass is 452 g/mol. The number of thiazole rings is 1. The molecule has 1 amide bonds. The summed E-state index contributed by atoms with van der Waals surface area (Å²) in [7, 11) is 0. The molecule has 3 aromatic rings. The highest BCUT2D eigenvalue weighted by Gasteiger charge is 2.28. The molecule has 31 heavy (non-hydrogen) atoms. The van der Waals surface area contributed by atoms with Gasteiger partial charge in [-0.2, -0.15) is 0 Å². The lowest BCUT2D eigenvalue weighted by atomic mass is 9.96. The predicted octanol–water partition coefficient (Wildman–Crippen LogP) is 5.27. The summed E-state index contributed by atoms with van der Waals surface area (Å²) >= 11 is 3.16. The highest BCUT2D eigenvalue weighted by molar-refractivity contribution is 7.98. The maximum Gasteiger partial charge on any atom is 0.339 e. The van der Waals surface area contributed by atoms with E-state index in [1.807, 2.05) is 55.6 Å². The van der Waals surface area contributed by atoms with Gasteiger partial charge in [-0.15, -0.1) is 23.1 Å². The molecule has 2 aromatic carbocycles. The second-order valence-electron chi connectivity index (χ2n) is 7.50. The molecular weight excluding hydrogens is 428 g/mol. The summed E-state index contributed by atoms with van der Waals surface area (Å²) in [5.74, 6) is -0.00438. The first kappa shape index (κ1) is 21.6. The number of aromatic nitrogens is 1. The summed E-state index contributed by atoms with van der Waals surface area (Å²) < 4.78 is 5.45. The number of carbonyl (C=O) groups is 2. The maximum absolute atomic E-state index is 12.9. The first-order valence-electron chi connectivity index (χ1n) is 10.2. The summed E-state index contributed by atoms with van der Waals surface area (Å²) in [6.07, 6.45) is 1.84. The summed E-state index contributed by atoms with van der Waals surface area (Å²) in [5.41, 5.74) is 3.53. The van der Waals surface area contributed by atoms with Crippen LogP contribution in [0.15, 0.2) is 58.8 Å². The van der Waals surface area contributed by atoms with Gasteiger partial charge in [0.1, 0.15) is 0 Å². The molecule has 0 saturated heterocycles. The molecule has 1 aromatic heterocycles. The summed E-state index contributed by atoms with van der Waals surface area (Å²) in [5, 5.41) is 3.05. The number of hydrogen-bond acceptors (Lipinski definition) is 6. The molecule has 1 unspecified atom stereocenters. The zero-order chi connectivity index (χ0) is 21.8. The van der Waals surface area contributed by atoms with Gasteiger partial charge in [-0.3, -0.25) is 4.79 Å². The Kier molecular flexibility index (Phi) is 6.73. The third kappa shape index (κ3) is 4.99. The molecule has 0 saturated carbocycles. The van der Waals surface area contributed by atoms with E-state index in [-0.39, 0.29) is 18.6 Å². The minimum Gasteiger partial charge on any atom is -0.452 e. The molecule has 1 aliphatic rings. The smallest absolute Gasteiger partial charge is 0.339 e. The highest BCUT2D eigenvalue weighted by atomic mass is 32.2. The standard InChI is InChI=1S/C24H24N2O3S2/c1-16-11-12-18-7-3-5-9-21(18)26(16)23(27)13-29-24(28)20-8-4-6-10-22(20)31-15-19-14-30-17(2)25-19/h3-10,14,16H,11-13,15H2,1-2H3. The number of rotatable bonds is 6. The zero-order valence-electron chi connectivity index (χ0n) is 17.5. The molecule has 0 aliphatic carbocycles. The van der Waals surface area contributed by atoms with Crippen LogP contribution in [0.25, 0.3) is 0 Å². The molecule has 0 N–H and O–H groups in total. The van der Waals surface area contributed by atoms with Crippen molar-refractivity contribution >= 4 is 40.7 Å². The Morgan fingerprint density at radius 1 is 1.19 bits per heavy atom. The molecule has 2 heterocycles. The van der Waals surface area contributed by atoms with E-state index in [0.717, 1.165) is 39.7 Å². The summed E-state index contributed by atoms with van der Waals surface area (Å²) in [6.45, 7) is 3.73. The molecular formula is C24H24N2O3S2. The number of esters is 1. The minimum atomic E-state index is -0.483. The van der Waals surface area contributed by atoms with Crippen molar-refractivity contribution in [1.29, 1.82) is 0 Å². The molecule has 5 nitrogen and oxygen atoms in total. The number of thioether (sulfide) groups is 1. The lowest BCUT2D eigenvalue weighted by Crippen LogP contribution is -2.44. The van der Waals surface area contributed by atoms with Crippen molar-refractivity contribution in [2.75, 3.05) is 11.5 Å². The number of benzene rings is 2. The number of anilines is 1. The van der Waals surface area contributed by atoms with Gasteiger partial charge in [0.25, 0.3) is 5.91 Å². The second kappa shape index (κ2) is 9.66. The number of aryl methyl sites for hydroxylation is 2. The Morgan fingerprint density at radius 2 is 1.97 bits per heavy atom. The number of carbonyl (C=O) groups excluding carboxylic acids is 2. The zero-order valence-corrected chi connectivity index (χ0v) is 19.2. The molecule has 0 bridgehead atoms. The Morgan fingerprint density at radius 3 is 2.77 bits per heavy atom. The lowest BCUT2D eigenvalue weighted by Gasteiger charge is -2.35. The Labute approximate surface area is 190 Å². The van der Waals surface area contributed by atoms with Gasteiger partial charge in [-0.25, -0.2) is 9.78 Å². The minimum absolute atomic E-state index is 0.0745. The topological polar surface area (TPSA) is 59.5 Å². The SMILES string of the molecule is Cc1nc(CSc2ccccc2C(=O)OCC(=O)N2c3ccccc3CCC2C)cs1. The summed E-state index contributed by atoms with van der Waals surface area (Å²) in [6, 6.07) is 15.3. The lowest BCUT2D eigenvalue weighted by molar-refractivity contribution is -0.122. The third-order valence-corrected chi connectivity index (χ3v) is 7.20. The van der Waals surface area contributed by atoms with Gasteiger partial charge in [0.2, 0.25) is 0 Å². The molecule has 7 heteroatoms. The van der Waals surface area contributed by atoms with E-state index in [1.165, 1.54) is 0 Å². The average molecular weight is 453 g/mol. The molecule has 4 rings (SSSR count). The molecule has 160 valence electrons. The van der Waals surface area contributed by atoms with Crippen LogP contribution in [0.2, 0.25) is 0 Å². The Bertz CT molecular complexity index is 1100. The van der Waals surface area contributed by atoms with Gasteiger partial charge in [-0.05, 0) is 50.5 Å². The van der Waals surface area contributed by atoms with Crippen LogP contribution in [0.5, 0.6) is 0 Å². The molecule has 0 fully saturated rings. The van der Waals surface area contributed by atoms with E-state index in [4.69, 9.17) is 4.74 Å². The van der Waals surface area contributed by atoms with Crippen molar-refractivity contribution in [3.63, 3.8) is 0 Å². The van der Waals surface area contributed by atoms with Crippen LogP contribution in [0, 0.1) is 6.92 Å². The highest BCUT2D eigenvalue weighted by Crippen LogP contribution is 2.31. The predicted molar refractivity (Wildman–Crippen MR) is 125 cm³/mol. The van der Waals surface area contributed by atoms with E-state index in [2.05, 4.69) is 4.98 Å². The number of ether oxygens (including phenoxy) is 1. The Hall–Kier alpha value is -2.64. The first-order valence-corrected chi connectivity index (χ1v) is 12.1. The van der Waals surface area contributed by atoms with Gasteiger partial charge in [0, 0.05) is 27.8 Å². The van der Waals surface area contributed by atoms with Crippen molar-refractivity contribution in [3.8, 4) is 0 Å². The van der Waals surface area contributed by atoms with Crippen LogP contribution in [-0.4, -0.2) is 29.5 Å². The van der Waals surface area contributed by atoms with E-state index < -0.39 is 5.97 Å². The van der Waals surface area contributed by atoms with Crippen LogP contribution in [0.3, 0.4) is 0 Å². The van der Waals surface area contributed by atoms with Crippen LogP contribution < -0.4 is 4.90 Å². The third-order valence-electron chi connectivity index (χ3n) is 5.27. The van der Waals surface area contributed by atoms with Crippen molar-refractivity contribution in [1.82, 2.24) is 4.98 Å². The normalized spacial score (nSPS) is 15.4. The number of amides is 1. The van der Waals surface area contributed by atoms with Gasteiger partial charge in [0.05, 0.1) is 16.3 Å². The number of para-hydroxylation sites is 1. The fraction of sp³-hybridized carbons (Fsp3) is 0.292. The fourth-order valence-corrected chi connectivity index (χ4v) is 5.38.